The molecule has 0 radical (unpaired) electrons. The normalized spacial score (nSPS) is 54.2. The van der Waals surface area contributed by atoms with Crippen molar-refractivity contribution in [3.63, 3.8) is 0 Å². The molecule has 4 fully saturated rings. The monoisotopic (exact) mass is 350 g/mol. The molecule has 4 rings (SSSR count). The largest absolute Gasteiger partial charge is 0.396 e. The highest BCUT2D eigenvalue weighted by Crippen LogP contribution is 2.70. The van der Waals surface area contributed by atoms with Crippen molar-refractivity contribution in [1.29, 1.82) is 0 Å². The summed E-state index contributed by atoms with van der Waals surface area (Å²) in [5.41, 5.74) is -1.91. The molecule has 2 bridgehead atoms. The Kier molecular flexibility index (Phi) is 3.64. The van der Waals surface area contributed by atoms with Crippen molar-refractivity contribution in [1.82, 2.24) is 0 Å². The number of aliphatic hydroxyl groups is 4. The van der Waals surface area contributed by atoms with Gasteiger partial charge in [0.1, 0.15) is 0 Å². The molecular formula is C20H30O5. The summed E-state index contributed by atoms with van der Waals surface area (Å²) < 4.78 is 0. The minimum atomic E-state index is -1.31. The van der Waals surface area contributed by atoms with E-state index in [0.717, 1.165) is 6.42 Å². The average Bonchev–Trinajstić information content (AvgIpc) is 2.68. The van der Waals surface area contributed by atoms with Crippen LogP contribution in [0.3, 0.4) is 0 Å². The lowest BCUT2D eigenvalue weighted by Crippen LogP contribution is -2.71. The van der Waals surface area contributed by atoms with Crippen LogP contribution in [-0.4, -0.2) is 51.1 Å². The van der Waals surface area contributed by atoms with Crippen LogP contribution in [0.5, 0.6) is 0 Å². The summed E-state index contributed by atoms with van der Waals surface area (Å²) in [6, 6.07) is 0. The molecule has 0 aromatic rings. The van der Waals surface area contributed by atoms with Gasteiger partial charge in [-0.05, 0) is 54.9 Å². The second kappa shape index (κ2) is 5.16. The van der Waals surface area contributed by atoms with Gasteiger partial charge in [0.2, 0.25) is 0 Å². The second-order valence-corrected chi connectivity index (χ2v) is 9.59. The zero-order valence-electron chi connectivity index (χ0n) is 15.1. The van der Waals surface area contributed by atoms with Gasteiger partial charge in [0, 0.05) is 11.3 Å². The Balaban J connectivity index is 1.94. The van der Waals surface area contributed by atoms with Gasteiger partial charge < -0.3 is 20.4 Å². The van der Waals surface area contributed by atoms with Crippen molar-refractivity contribution in [2.75, 3.05) is 6.61 Å². The molecule has 3 unspecified atom stereocenters. The molecule has 25 heavy (non-hydrogen) atoms. The number of carbonyl (C=O) groups excluding carboxylic acids is 1. The highest BCUT2D eigenvalue weighted by Gasteiger charge is 2.76. The number of rotatable bonds is 1. The summed E-state index contributed by atoms with van der Waals surface area (Å²) in [6.07, 6.45) is 0.291. The molecular weight excluding hydrogens is 320 g/mol. The SMILES string of the molecule is C=C1C(=O)C23C(O)C[C@@H]4C(C)(C)CC[C@H](O)[C@@]4(CO)[C@@H]2CCC1[C@@H]3O. The first-order valence-corrected chi connectivity index (χ1v) is 9.54. The summed E-state index contributed by atoms with van der Waals surface area (Å²) in [5.74, 6) is -1.07. The standard InChI is InChI=1S/C20H30O5/c1-10-11-4-5-12-19(9-21)13(18(2,3)7-6-14(19)22)8-15(23)20(12,16(10)24)17(11)25/h11-15,17,21-23,25H,1,4-9H2,2-3H3/t11?,12-,13+,14-,15?,17-,19-,20?/m0/s1. The first kappa shape index (κ1) is 17.7. The molecule has 4 aliphatic rings. The van der Waals surface area contributed by atoms with Crippen LogP contribution in [0.4, 0.5) is 0 Å². The fourth-order valence-electron chi connectivity index (χ4n) is 7.35. The third kappa shape index (κ3) is 1.76. The van der Waals surface area contributed by atoms with Crippen molar-refractivity contribution >= 4 is 5.78 Å². The molecule has 5 nitrogen and oxygen atoms in total. The molecule has 0 aromatic carbocycles. The Hall–Kier alpha value is -0.750. The van der Waals surface area contributed by atoms with Crippen LogP contribution >= 0.6 is 0 Å². The summed E-state index contributed by atoms with van der Waals surface area (Å²) >= 11 is 0. The molecule has 140 valence electrons. The lowest BCUT2D eigenvalue weighted by atomic mass is 9.38. The summed E-state index contributed by atoms with van der Waals surface area (Å²) in [6.45, 7) is 7.92. The van der Waals surface area contributed by atoms with Gasteiger partial charge in [-0.3, -0.25) is 4.79 Å². The lowest BCUT2D eigenvalue weighted by Gasteiger charge is -2.66. The summed E-state index contributed by atoms with van der Waals surface area (Å²) in [7, 11) is 0. The van der Waals surface area contributed by atoms with E-state index in [1.165, 1.54) is 0 Å². The van der Waals surface area contributed by atoms with Gasteiger partial charge in [0.05, 0.1) is 30.3 Å². The van der Waals surface area contributed by atoms with Crippen LogP contribution in [0, 0.1) is 34.0 Å². The van der Waals surface area contributed by atoms with E-state index in [-0.39, 0.29) is 29.6 Å². The van der Waals surface area contributed by atoms with E-state index in [1.807, 2.05) is 0 Å². The van der Waals surface area contributed by atoms with Crippen molar-refractivity contribution in [2.45, 2.75) is 64.3 Å². The van der Waals surface area contributed by atoms with Crippen LogP contribution < -0.4 is 0 Å². The number of fused-ring (bicyclic) bond motifs is 3. The molecule has 1 spiro atoms. The minimum absolute atomic E-state index is 0.0928. The molecule has 4 N–H and O–H groups in total. The third-order valence-corrected chi connectivity index (χ3v) is 8.55. The minimum Gasteiger partial charge on any atom is -0.396 e. The number of aliphatic hydroxyl groups excluding tert-OH is 4. The number of carbonyl (C=O) groups is 1. The van der Waals surface area contributed by atoms with Crippen LogP contribution in [0.1, 0.15) is 46.0 Å². The number of hydrogen-bond acceptors (Lipinski definition) is 5. The third-order valence-electron chi connectivity index (χ3n) is 8.55. The van der Waals surface area contributed by atoms with Crippen molar-refractivity contribution in [3.05, 3.63) is 12.2 Å². The molecule has 0 amide bonds. The highest BCUT2D eigenvalue weighted by atomic mass is 16.3. The van der Waals surface area contributed by atoms with Gasteiger partial charge in [-0.25, -0.2) is 0 Å². The maximum Gasteiger partial charge on any atom is 0.170 e. The predicted octanol–water partition coefficient (Wildman–Crippen LogP) is 1.04. The smallest absolute Gasteiger partial charge is 0.170 e. The van der Waals surface area contributed by atoms with E-state index >= 15 is 0 Å². The molecule has 4 aliphatic carbocycles. The Morgan fingerprint density at radius 1 is 1.08 bits per heavy atom. The molecule has 0 saturated heterocycles. The molecule has 0 aliphatic heterocycles. The van der Waals surface area contributed by atoms with Gasteiger partial charge >= 0.3 is 0 Å². The van der Waals surface area contributed by atoms with Gasteiger partial charge in [-0.2, -0.15) is 0 Å². The molecule has 4 saturated carbocycles. The predicted molar refractivity (Wildman–Crippen MR) is 91.5 cm³/mol. The summed E-state index contributed by atoms with van der Waals surface area (Å²) in [5, 5.41) is 43.7. The van der Waals surface area contributed by atoms with Gasteiger partial charge in [-0.15, -0.1) is 0 Å². The number of ketones is 1. The average molecular weight is 350 g/mol. The molecule has 0 aromatic heterocycles. The number of Topliss-reactive ketones (excluding diaryl/α,β-unsaturated/α-hetero) is 1. The Bertz CT molecular complexity index is 628. The van der Waals surface area contributed by atoms with E-state index in [1.54, 1.807) is 0 Å². The van der Waals surface area contributed by atoms with Crippen molar-refractivity contribution in [2.24, 2.45) is 34.0 Å². The first-order valence-electron chi connectivity index (χ1n) is 9.54. The second-order valence-electron chi connectivity index (χ2n) is 9.59. The van der Waals surface area contributed by atoms with Gasteiger partial charge in [0.25, 0.3) is 0 Å². The molecule has 8 atom stereocenters. The van der Waals surface area contributed by atoms with E-state index in [9.17, 15) is 25.2 Å². The van der Waals surface area contributed by atoms with E-state index < -0.39 is 35.1 Å². The van der Waals surface area contributed by atoms with Crippen LogP contribution in [0.2, 0.25) is 0 Å². The Morgan fingerprint density at radius 2 is 1.76 bits per heavy atom. The zero-order chi connectivity index (χ0) is 18.4. The molecule has 0 heterocycles. The topological polar surface area (TPSA) is 98.0 Å². The summed E-state index contributed by atoms with van der Waals surface area (Å²) in [4.78, 5) is 13.2. The van der Waals surface area contributed by atoms with Crippen LogP contribution in [-0.2, 0) is 4.79 Å². The zero-order valence-corrected chi connectivity index (χ0v) is 15.1. The van der Waals surface area contributed by atoms with Crippen molar-refractivity contribution in [3.8, 4) is 0 Å². The van der Waals surface area contributed by atoms with E-state index in [2.05, 4.69) is 20.4 Å². The fraction of sp³-hybridized carbons (Fsp3) is 0.850. The maximum absolute atomic E-state index is 13.2. The van der Waals surface area contributed by atoms with E-state index in [0.29, 0.717) is 31.3 Å². The lowest BCUT2D eigenvalue weighted by molar-refractivity contribution is -0.267. The first-order chi connectivity index (χ1) is 11.7. The van der Waals surface area contributed by atoms with Gasteiger partial charge in [-0.1, -0.05) is 20.4 Å². The fourth-order valence-corrected chi connectivity index (χ4v) is 7.35. The van der Waals surface area contributed by atoms with Crippen LogP contribution in [0.15, 0.2) is 12.2 Å². The highest BCUT2D eigenvalue weighted by molar-refractivity contribution is 6.04. The Morgan fingerprint density at radius 3 is 2.40 bits per heavy atom. The number of hydrogen-bond donors (Lipinski definition) is 4. The van der Waals surface area contributed by atoms with Gasteiger partial charge in [0.15, 0.2) is 5.78 Å². The Labute approximate surface area is 148 Å². The quantitative estimate of drug-likeness (QED) is 0.530. The molecule has 5 heteroatoms. The van der Waals surface area contributed by atoms with Crippen LogP contribution in [0.25, 0.3) is 0 Å². The van der Waals surface area contributed by atoms with Crippen molar-refractivity contribution < 1.29 is 25.2 Å². The maximum atomic E-state index is 13.2. The van der Waals surface area contributed by atoms with E-state index in [4.69, 9.17) is 0 Å².